The summed E-state index contributed by atoms with van der Waals surface area (Å²) in [5.41, 5.74) is 1.08. The van der Waals surface area contributed by atoms with Crippen LogP contribution in [0.3, 0.4) is 0 Å². The Labute approximate surface area is 127 Å². The maximum Gasteiger partial charge on any atom is 0.266 e. The van der Waals surface area contributed by atoms with Crippen LogP contribution in [0.1, 0.15) is 56.6 Å². The molecule has 19 heavy (non-hydrogen) atoms. The molecule has 1 saturated heterocycles. The first-order valence-corrected chi connectivity index (χ1v) is 8.38. The largest absolute Gasteiger partial charge is 0.342 e. The quantitative estimate of drug-likeness (QED) is 0.811. The highest BCUT2D eigenvalue weighted by molar-refractivity contribution is 14.1. The van der Waals surface area contributed by atoms with Gasteiger partial charge in [0.1, 0.15) is 3.57 Å². The van der Waals surface area contributed by atoms with E-state index in [4.69, 9.17) is 4.98 Å². The van der Waals surface area contributed by atoms with Gasteiger partial charge >= 0.3 is 0 Å². The van der Waals surface area contributed by atoms with Crippen LogP contribution in [-0.4, -0.2) is 23.1 Å². The Morgan fingerprint density at radius 3 is 2.47 bits per heavy atom. The van der Waals surface area contributed by atoms with Crippen LogP contribution in [0.4, 0.5) is 5.95 Å². The van der Waals surface area contributed by atoms with Gasteiger partial charge in [0, 0.05) is 19.0 Å². The number of nitrogens with one attached hydrogen (secondary N) is 1. The lowest BCUT2D eigenvalue weighted by Crippen LogP contribution is -2.33. The lowest BCUT2D eigenvalue weighted by atomic mass is 10.0. The van der Waals surface area contributed by atoms with E-state index >= 15 is 0 Å². The summed E-state index contributed by atoms with van der Waals surface area (Å²) in [4.78, 5) is 22.1. The van der Waals surface area contributed by atoms with Gasteiger partial charge in [-0.15, -0.1) is 0 Å². The minimum absolute atomic E-state index is 0.0399. The highest BCUT2D eigenvalue weighted by Crippen LogP contribution is 2.34. The smallest absolute Gasteiger partial charge is 0.266 e. The zero-order valence-electron chi connectivity index (χ0n) is 11.1. The number of hydrogen-bond donors (Lipinski definition) is 1. The molecule has 0 atom stereocenters. The predicted octanol–water partition coefficient (Wildman–Crippen LogP) is 3.02. The van der Waals surface area contributed by atoms with E-state index in [0.717, 1.165) is 28.3 Å². The third kappa shape index (κ3) is 2.80. The first-order chi connectivity index (χ1) is 9.25. The molecular formula is C14H20IN3O. The van der Waals surface area contributed by atoms with Gasteiger partial charge in [-0.05, 0) is 54.7 Å². The van der Waals surface area contributed by atoms with Crippen LogP contribution in [0.25, 0.3) is 0 Å². The molecule has 1 saturated carbocycles. The van der Waals surface area contributed by atoms with Gasteiger partial charge in [0.05, 0.1) is 5.69 Å². The lowest BCUT2D eigenvalue weighted by molar-refractivity contribution is 0.564. The SMILES string of the molecule is O=c1[nH]c(N2CCCCC2)nc(C2CCCC2)c1I. The number of anilines is 1. The van der Waals surface area contributed by atoms with E-state index in [1.54, 1.807) is 0 Å². The van der Waals surface area contributed by atoms with Crippen molar-refractivity contribution in [2.45, 2.75) is 50.9 Å². The Balaban J connectivity index is 1.94. The van der Waals surface area contributed by atoms with Crippen LogP contribution in [-0.2, 0) is 0 Å². The molecule has 5 heteroatoms. The first-order valence-electron chi connectivity index (χ1n) is 7.30. The van der Waals surface area contributed by atoms with E-state index in [9.17, 15) is 4.79 Å². The zero-order valence-corrected chi connectivity index (χ0v) is 13.3. The molecule has 0 amide bonds. The van der Waals surface area contributed by atoms with E-state index in [-0.39, 0.29) is 5.56 Å². The van der Waals surface area contributed by atoms with Gasteiger partial charge in [0.25, 0.3) is 5.56 Å². The number of aromatic nitrogens is 2. The third-order valence-corrected chi connectivity index (χ3v) is 5.32. The second-order valence-electron chi connectivity index (χ2n) is 5.62. The van der Waals surface area contributed by atoms with Crippen molar-refractivity contribution in [1.82, 2.24) is 9.97 Å². The standard InChI is InChI=1S/C14H20IN3O/c15-11-12(10-6-2-3-7-10)16-14(17-13(11)19)18-8-4-1-5-9-18/h10H,1-9H2,(H,16,17,19). The van der Waals surface area contributed by atoms with Crippen molar-refractivity contribution in [3.63, 3.8) is 0 Å². The van der Waals surface area contributed by atoms with Gasteiger partial charge in [-0.3, -0.25) is 9.78 Å². The summed E-state index contributed by atoms with van der Waals surface area (Å²) in [6, 6.07) is 0. The molecule has 1 aliphatic heterocycles. The van der Waals surface area contributed by atoms with Crippen LogP contribution >= 0.6 is 22.6 Å². The van der Waals surface area contributed by atoms with Crippen LogP contribution in [0.5, 0.6) is 0 Å². The zero-order chi connectivity index (χ0) is 13.2. The molecule has 0 spiro atoms. The highest BCUT2D eigenvalue weighted by Gasteiger charge is 2.24. The molecule has 2 aliphatic rings. The van der Waals surface area contributed by atoms with Crippen molar-refractivity contribution < 1.29 is 0 Å². The van der Waals surface area contributed by atoms with E-state index in [2.05, 4.69) is 32.5 Å². The fourth-order valence-electron chi connectivity index (χ4n) is 3.19. The molecular weight excluding hydrogens is 353 g/mol. The van der Waals surface area contributed by atoms with Crippen molar-refractivity contribution in [2.24, 2.45) is 0 Å². The van der Waals surface area contributed by atoms with Crippen molar-refractivity contribution in [2.75, 3.05) is 18.0 Å². The summed E-state index contributed by atoms with van der Waals surface area (Å²) in [5.74, 6) is 1.30. The summed E-state index contributed by atoms with van der Waals surface area (Å²) >= 11 is 2.16. The van der Waals surface area contributed by atoms with Gasteiger partial charge in [0.15, 0.2) is 0 Å². The maximum absolute atomic E-state index is 12.1. The molecule has 0 unspecified atom stereocenters. The van der Waals surface area contributed by atoms with Gasteiger partial charge < -0.3 is 4.90 Å². The second kappa shape index (κ2) is 5.81. The first kappa shape index (κ1) is 13.4. The molecule has 4 nitrogen and oxygen atoms in total. The molecule has 3 rings (SSSR count). The summed E-state index contributed by atoms with van der Waals surface area (Å²) < 4.78 is 0.797. The summed E-state index contributed by atoms with van der Waals surface area (Å²) in [5, 5.41) is 0. The maximum atomic E-state index is 12.1. The van der Waals surface area contributed by atoms with Gasteiger partial charge in [0.2, 0.25) is 5.95 Å². The van der Waals surface area contributed by atoms with Crippen molar-refractivity contribution in [3.8, 4) is 0 Å². The van der Waals surface area contributed by atoms with E-state index < -0.39 is 0 Å². The number of piperidine rings is 1. The molecule has 0 radical (unpaired) electrons. The summed E-state index contributed by atoms with van der Waals surface area (Å²) in [7, 11) is 0. The van der Waals surface area contributed by atoms with Crippen molar-refractivity contribution in [1.29, 1.82) is 0 Å². The minimum Gasteiger partial charge on any atom is -0.342 e. The monoisotopic (exact) mass is 373 g/mol. The van der Waals surface area contributed by atoms with Crippen molar-refractivity contribution >= 4 is 28.5 Å². The molecule has 0 aromatic carbocycles. The molecule has 2 fully saturated rings. The average molecular weight is 373 g/mol. The van der Waals surface area contributed by atoms with Crippen LogP contribution < -0.4 is 10.5 Å². The average Bonchev–Trinajstić information content (AvgIpc) is 2.96. The molecule has 104 valence electrons. The Morgan fingerprint density at radius 2 is 1.79 bits per heavy atom. The number of rotatable bonds is 2. The lowest BCUT2D eigenvalue weighted by Gasteiger charge is -2.27. The third-order valence-electron chi connectivity index (χ3n) is 4.27. The van der Waals surface area contributed by atoms with E-state index in [0.29, 0.717) is 5.92 Å². The van der Waals surface area contributed by atoms with E-state index in [1.807, 2.05) is 0 Å². The molecule has 1 aromatic heterocycles. The Bertz CT molecular complexity index is 502. The number of H-pyrrole nitrogens is 1. The molecule has 1 aliphatic carbocycles. The Hall–Kier alpha value is -0.590. The minimum atomic E-state index is 0.0399. The topological polar surface area (TPSA) is 49.0 Å². The van der Waals surface area contributed by atoms with Crippen LogP contribution in [0.2, 0.25) is 0 Å². The van der Waals surface area contributed by atoms with E-state index in [1.165, 1.54) is 44.9 Å². The number of halogens is 1. The Kier molecular flexibility index (Phi) is 4.10. The molecule has 0 bridgehead atoms. The fraction of sp³-hybridized carbons (Fsp3) is 0.714. The number of hydrogen-bond acceptors (Lipinski definition) is 3. The highest BCUT2D eigenvalue weighted by atomic mass is 127. The van der Waals surface area contributed by atoms with Gasteiger partial charge in [-0.25, -0.2) is 4.98 Å². The summed E-state index contributed by atoms with van der Waals surface area (Å²) in [6.07, 6.45) is 8.61. The van der Waals surface area contributed by atoms with Crippen molar-refractivity contribution in [3.05, 3.63) is 19.6 Å². The van der Waals surface area contributed by atoms with Gasteiger partial charge in [-0.1, -0.05) is 12.8 Å². The van der Waals surface area contributed by atoms with Crippen LogP contribution in [0.15, 0.2) is 4.79 Å². The summed E-state index contributed by atoms with van der Waals surface area (Å²) in [6.45, 7) is 2.04. The predicted molar refractivity (Wildman–Crippen MR) is 84.8 cm³/mol. The molecule has 1 N–H and O–H groups in total. The molecule has 1 aromatic rings. The van der Waals surface area contributed by atoms with Gasteiger partial charge in [-0.2, -0.15) is 0 Å². The number of nitrogens with zero attached hydrogens (tertiary/aromatic N) is 2. The Morgan fingerprint density at radius 1 is 1.11 bits per heavy atom. The fourth-order valence-corrected chi connectivity index (χ4v) is 3.88. The normalized spacial score (nSPS) is 21.0. The second-order valence-corrected chi connectivity index (χ2v) is 6.70. The molecule has 2 heterocycles. The number of aromatic amines is 1. The van der Waals surface area contributed by atoms with Crippen LogP contribution in [0, 0.1) is 3.57 Å².